The highest BCUT2D eigenvalue weighted by molar-refractivity contribution is 5.86. The van der Waals surface area contributed by atoms with Gasteiger partial charge in [-0.15, -0.1) is 0 Å². The molecular formula is C22H25NO3. The molecule has 136 valence electrons. The molecule has 0 bridgehead atoms. The van der Waals surface area contributed by atoms with E-state index in [9.17, 15) is 9.59 Å². The van der Waals surface area contributed by atoms with E-state index in [-0.39, 0.29) is 36.4 Å². The summed E-state index contributed by atoms with van der Waals surface area (Å²) in [7, 11) is 0. The Morgan fingerprint density at radius 1 is 1.00 bits per heavy atom. The maximum Gasteiger partial charge on any atom is 0.310 e. The van der Waals surface area contributed by atoms with Crippen LogP contribution in [0, 0.1) is 11.8 Å². The summed E-state index contributed by atoms with van der Waals surface area (Å²) < 4.78 is 5.46. The quantitative estimate of drug-likeness (QED) is 0.800. The van der Waals surface area contributed by atoms with Crippen molar-refractivity contribution >= 4 is 11.9 Å². The van der Waals surface area contributed by atoms with Crippen LogP contribution in [-0.4, -0.2) is 11.9 Å². The summed E-state index contributed by atoms with van der Waals surface area (Å²) in [6, 6.07) is 19.4. The standard InChI is InChI=1S/C22H25NO3/c1-16(18-11-6-3-7-12-18)23-21(24)19-13-8-14-20(19)22(25)26-15-17-9-4-2-5-10-17/h2-7,9-12,16,19-20H,8,13-15H2,1H3,(H,23,24)/t16-,19?,20?/m1/s1. The molecule has 3 rings (SSSR count). The number of rotatable bonds is 6. The zero-order valence-electron chi connectivity index (χ0n) is 15.1. The lowest BCUT2D eigenvalue weighted by Gasteiger charge is -2.21. The van der Waals surface area contributed by atoms with Gasteiger partial charge in [0.05, 0.1) is 17.9 Å². The number of amides is 1. The van der Waals surface area contributed by atoms with Crippen LogP contribution in [0.3, 0.4) is 0 Å². The first kappa shape index (κ1) is 18.2. The van der Waals surface area contributed by atoms with E-state index in [0.29, 0.717) is 6.42 Å². The second-order valence-electron chi connectivity index (χ2n) is 6.88. The van der Waals surface area contributed by atoms with Crippen LogP contribution in [-0.2, 0) is 20.9 Å². The topological polar surface area (TPSA) is 55.4 Å². The molecular weight excluding hydrogens is 326 g/mol. The van der Waals surface area contributed by atoms with Crippen molar-refractivity contribution in [2.75, 3.05) is 0 Å². The molecule has 1 aliphatic carbocycles. The largest absolute Gasteiger partial charge is 0.461 e. The lowest BCUT2D eigenvalue weighted by atomic mass is 9.94. The van der Waals surface area contributed by atoms with Crippen molar-refractivity contribution in [2.24, 2.45) is 11.8 Å². The van der Waals surface area contributed by atoms with Gasteiger partial charge < -0.3 is 10.1 Å². The molecule has 1 amide bonds. The fraction of sp³-hybridized carbons (Fsp3) is 0.364. The number of carbonyl (C=O) groups is 2. The Bertz CT molecular complexity index is 730. The summed E-state index contributed by atoms with van der Waals surface area (Å²) in [6.07, 6.45) is 2.33. The van der Waals surface area contributed by atoms with Crippen LogP contribution in [0.25, 0.3) is 0 Å². The predicted molar refractivity (Wildman–Crippen MR) is 100 cm³/mol. The Hall–Kier alpha value is -2.62. The number of benzene rings is 2. The fourth-order valence-electron chi connectivity index (χ4n) is 3.54. The summed E-state index contributed by atoms with van der Waals surface area (Å²) in [6.45, 7) is 2.22. The van der Waals surface area contributed by atoms with Gasteiger partial charge in [-0.3, -0.25) is 9.59 Å². The zero-order valence-corrected chi connectivity index (χ0v) is 15.1. The average molecular weight is 351 g/mol. The number of ether oxygens (including phenoxy) is 1. The van der Waals surface area contributed by atoms with Gasteiger partial charge in [-0.2, -0.15) is 0 Å². The van der Waals surface area contributed by atoms with E-state index in [1.807, 2.05) is 67.6 Å². The second kappa shape index (κ2) is 8.65. The van der Waals surface area contributed by atoms with Gasteiger partial charge in [0.15, 0.2) is 0 Å². The van der Waals surface area contributed by atoms with E-state index in [2.05, 4.69) is 5.32 Å². The van der Waals surface area contributed by atoms with Crippen LogP contribution in [0.1, 0.15) is 43.4 Å². The van der Waals surface area contributed by atoms with Crippen molar-refractivity contribution in [2.45, 2.75) is 38.8 Å². The summed E-state index contributed by atoms with van der Waals surface area (Å²) in [4.78, 5) is 25.2. The Balaban J connectivity index is 1.56. The molecule has 0 saturated heterocycles. The minimum atomic E-state index is -0.346. The summed E-state index contributed by atoms with van der Waals surface area (Å²) in [5.41, 5.74) is 2.01. The van der Waals surface area contributed by atoms with Gasteiger partial charge in [-0.25, -0.2) is 0 Å². The number of hydrogen-bond donors (Lipinski definition) is 1. The highest BCUT2D eigenvalue weighted by Gasteiger charge is 2.39. The molecule has 2 unspecified atom stereocenters. The lowest BCUT2D eigenvalue weighted by molar-refractivity contribution is -0.153. The van der Waals surface area contributed by atoms with Crippen molar-refractivity contribution in [1.82, 2.24) is 5.32 Å². The number of hydrogen-bond acceptors (Lipinski definition) is 3. The average Bonchev–Trinajstić information content (AvgIpc) is 3.17. The van der Waals surface area contributed by atoms with Crippen LogP contribution in [0.2, 0.25) is 0 Å². The van der Waals surface area contributed by atoms with Crippen molar-refractivity contribution in [3.63, 3.8) is 0 Å². The monoisotopic (exact) mass is 351 g/mol. The third-order valence-corrected chi connectivity index (χ3v) is 5.04. The molecule has 4 nitrogen and oxygen atoms in total. The minimum absolute atomic E-state index is 0.0551. The molecule has 4 heteroatoms. The molecule has 0 aliphatic heterocycles. The molecule has 0 spiro atoms. The maximum absolute atomic E-state index is 12.7. The minimum Gasteiger partial charge on any atom is -0.461 e. The van der Waals surface area contributed by atoms with Gasteiger partial charge in [0.2, 0.25) is 5.91 Å². The van der Waals surface area contributed by atoms with E-state index in [1.165, 1.54) is 0 Å². The number of carbonyl (C=O) groups excluding carboxylic acids is 2. The smallest absolute Gasteiger partial charge is 0.310 e. The predicted octanol–water partition coefficient (Wildman–Crippen LogP) is 4.02. The first-order valence-electron chi connectivity index (χ1n) is 9.21. The third-order valence-electron chi connectivity index (χ3n) is 5.04. The van der Waals surface area contributed by atoms with E-state index in [1.54, 1.807) is 0 Å². The van der Waals surface area contributed by atoms with Crippen LogP contribution in [0.4, 0.5) is 0 Å². The van der Waals surface area contributed by atoms with Crippen LogP contribution < -0.4 is 5.32 Å². The van der Waals surface area contributed by atoms with Gasteiger partial charge in [0.25, 0.3) is 0 Å². The number of esters is 1. The molecule has 1 aliphatic rings. The zero-order chi connectivity index (χ0) is 18.4. The summed E-state index contributed by atoms with van der Waals surface area (Å²) >= 11 is 0. The molecule has 3 atom stereocenters. The maximum atomic E-state index is 12.7. The highest BCUT2D eigenvalue weighted by atomic mass is 16.5. The Morgan fingerprint density at radius 2 is 1.62 bits per heavy atom. The molecule has 0 aromatic heterocycles. The fourth-order valence-corrected chi connectivity index (χ4v) is 3.54. The normalized spacial score (nSPS) is 20.3. The van der Waals surface area contributed by atoms with Gasteiger partial charge in [-0.1, -0.05) is 67.1 Å². The molecule has 0 heterocycles. The van der Waals surface area contributed by atoms with Crippen LogP contribution in [0.15, 0.2) is 60.7 Å². The molecule has 0 radical (unpaired) electrons. The number of nitrogens with one attached hydrogen (secondary N) is 1. The molecule has 2 aromatic rings. The first-order chi connectivity index (χ1) is 12.6. The molecule has 1 saturated carbocycles. The van der Waals surface area contributed by atoms with Gasteiger partial charge in [0, 0.05) is 0 Å². The summed E-state index contributed by atoms with van der Waals surface area (Å²) in [5.74, 6) is -0.967. The molecule has 26 heavy (non-hydrogen) atoms. The highest BCUT2D eigenvalue weighted by Crippen LogP contribution is 2.33. The van der Waals surface area contributed by atoms with E-state index < -0.39 is 0 Å². The Kier molecular flexibility index (Phi) is 6.05. The van der Waals surface area contributed by atoms with Crippen molar-refractivity contribution < 1.29 is 14.3 Å². The van der Waals surface area contributed by atoms with Crippen molar-refractivity contribution in [1.29, 1.82) is 0 Å². The Labute approximate surface area is 154 Å². The molecule has 1 N–H and O–H groups in total. The van der Waals surface area contributed by atoms with Crippen LogP contribution in [0.5, 0.6) is 0 Å². The SMILES string of the molecule is C[C@@H](NC(=O)C1CCCC1C(=O)OCc1ccccc1)c1ccccc1. The summed E-state index contributed by atoms with van der Waals surface area (Å²) in [5, 5.41) is 3.05. The van der Waals surface area contributed by atoms with Crippen molar-refractivity contribution in [3.8, 4) is 0 Å². The lowest BCUT2D eigenvalue weighted by Crippen LogP contribution is -2.37. The van der Waals surface area contributed by atoms with E-state index in [0.717, 1.165) is 24.0 Å². The van der Waals surface area contributed by atoms with E-state index in [4.69, 9.17) is 4.74 Å². The molecule has 2 aromatic carbocycles. The first-order valence-corrected chi connectivity index (χ1v) is 9.21. The van der Waals surface area contributed by atoms with E-state index >= 15 is 0 Å². The van der Waals surface area contributed by atoms with Gasteiger partial charge >= 0.3 is 5.97 Å². The third kappa shape index (κ3) is 4.51. The second-order valence-corrected chi connectivity index (χ2v) is 6.88. The van der Waals surface area contributed by atoms with Gasteiger partial charge in [-0.05, 0) is 30.9 Å². The van der Waals surface area contributed by atoms with Crippen LogP contribution >= 0.6 is 0 Å². The van der Waals surface area contributed by atoms with Gasteiger partial charge in [0.1, 0.15) is 6.61 Å². The molecule has 1 fully saturated rings. The Morgan fingerprint density at radius 3 is 2.31 bits per heavy atom. The van der Waals surface area contributed by atoms with Crippen molar-refractivity contribution in [3.05, 3.63) is 71.8 Å².